The Hall–Kier alpha value is -2.24. The molecule has 2 saturated carbocycles. The van der Waals surface area contributed by atoms with Crippen molar-refractivity contribution in [1.82, 2.24) is 4.90 Å². The molecule has 2 aliphatic heterocycles. The Labute approximate surface area is 165 Å². The number of likely N-dealkylation sites (tertiary alicyclic amines) is 1. The molecule has 0 spiro atoms. The van der Waals surface area contributed by atoms with Gasteiger partial charge in [0.15, 0.2) is 18.1 Å². The highest BCUT2D eigenvalue weighted by atomic mass is 16.6. The molecule has 0 radical (unpaired) electrons. The molecule has 5 rings (SSSR count). The number of nitrogens with zero attached hydrogens (tertiary/aromatic N) is 1. The first-order chi connectivity index (χ1) is 13.7. The number of ether oxygens (including phenoxy) is 3. The van der Waals surface area contributed by atoms with Crippen LogP contribution in [0.15, 0.2) is 18.2 Å². The number of esters is 1. The zero-order chi connectivity index (χ0) is 19.1. The molecule has 6 heteroatoms. The molecule has 1 aromatic carbocycles. The summed E-state index contributed by atoms with van der Waals surface area (Å²) in [7, 11) is 0. The van der Waals surface area contributed by atoms with Crippen LogP contribution in [0, 0.1) is 17.8 Å². The minimum atomic E-state index is -0.171. The molecular formula is C22H27NO5. The number of carbonyl (C=O) groups is 2. The molecule has 0 aromatic heterocycles. The quantitative estimate of drug-likeness (QED) is 0.745. The van der Waals surface area contributed by atoms with Crippen LogP contribution in [0.2, 0.25) is 0 Å². The number of amides is 1. The van der Waals surface area contributed by atoms with Crippen molar-refractivity contribution in [2.24, 2.45) is 17.8 Å². The van der Waals surface area contributed by atoms with E-state index in [0.29, 0.717) is 31.6 Å². The molecule has 4 aliphatic rings. The minimum absolute atomic E-state index is 0.00419. The van der Waals surface area contributed by atoms with Crippen LogP contribution in [0.1, 0.15) is 50.1 Å². The Morgan fingerprint density at radius 3 is 2.71 bits per heavy atom. The van der Waals surface area contributed by atoms with Gasteiger partial charge in [-0.15, -0.1) is 0 Å². The Morgan fingerprint density at radius 1 is 1.07 bits per heavy atom. The third-order valence-corrected chi connectivity index (χ3v) is 6.90. The molecule has 28 heavy (non-hydrogen) atoms. The molecule has 1 saturated heterocycles. The van der Waals surface area contributed by atoms with Gasteiger partial charge in [0.05, 0.1) is 12.0 Å². The van der Waals surface area contributed by atoms with Gasteiger partial charge in [0.1, 0.15) is 13.2 Å². The van der Waals surface area contributed by atoms with E-state index in [4.69, 9.17) is 14.2 Å². The van der Waals surface area contributed by atoms with Crippen molar-refractivity contribution < 1.29 is 23.8 Å². The maximum atomic E-state index is 12.8. The average molecular weight is 385 g/mol. The Morgan fingerprint density at radius 2 is 1.93 bits per heavy atom. The number of rotatable bonds is 4. The van der Waals surface area contributed by atoms with Crippen molar-refractivity contribution in [2.75, 3.05) is 26.4 Å². The van der Waals surface area contributed by atoms with Crippen molar-refractivity contribution in [3.8, 4) is 11.5 Å². The molecule has 1 amide bonds. The minimum Gasteiger partial charge on any atom is -0.486 e. The first kappa shape index (κ1) is 17.8. The van der Waals surface area contributed by atoms with Crippen LogP contribution in [-0.4, -0.2) is 43.1 Å². The van der Waals surface area contributed by atoms with Crippen LogP contribution in [-0.2, 0) is 14.3 Å². The smallest absolute Gasteiger partial charge is 0.309 e. The summed E-state index contributed by atoms with van der Waals surface area (Å²) in [4.78, 5) is 27.1. The molecule has 2 heterocycles. The monoisotopic (exact) mass is 385 g/mol. The van der Waals surface area contributed by atoms with E-state index >= 15 is 0 Å². The highest BCUT2D eigenvalue weighted by molar-refractivity contribution is 5.82. The van der Waals surface area contributed by atoms with Gasteiger partial charge in [-0.3, -0.25) is 9.59 Å². The lowest BCUT2D eigenvalue weighted by molar-refractivity contribution is -0.157. The Balaban J connectivity index is 1.21. The molecule has 4 atom stereocenters. The SMILES string of the molecule is O=C(OCC(=O)N1CCCC1c1ccc2c(c1)OCCO2)C1CC2CCC1C2. The average Bonchev–Trinajstić information content (AvgIpc) is 3.48. The van der Waals surface area contributed by atoms with Crippen LogP contribution in [0.3, 0.4) is 0 Å². The summed E-state index contributed by atoms with van der Waals surface area (Å²) < 4.78 is 16.7. The molecule has 1 aromatic rings. The number of carbonyl (C=O) groups excluding carboxylic acids is 2. The highest BCUT2D eigenvalue weighted by Crippen LogP contribution is 2.48. The summed E-state index contributed by atoms with van der Waals surface area (Å²) in [5, 5.41) is 0. The lowest BCUT2D eigenvalue weighted by atomic mass is 9.89. The fourth-order valence-electron chi connectivity index (χ4n) is 5.54. The third kappa shape index (κ3) is 3.23. The Bertz CT molecular complexity index is 778. The van der Waals surface area contributed by atoms with Crippen LogP contribution >= 0.6 is 0 Å². The first-order valence-corrected chi connectivity index (χ1v) is 10.5. The number of hydrogen-bond acceptors (Lipinski definition) is 5. The van der Waals surface area contributed by atoms with E-state index in [2.05, 4.69) is 0 Å². The molecule has 3 fully saturated rings. The summed E-state index contributed by atoms with van der Waals surface area (Å²) in [5.74, 6) is 2.40. The van der Waals surface area contributed by atoms with Gasteiger partial charge >= 0.3 is 5.97 Å². The zero-order valence-corrected chi connectivity index (χ0v) is 16.1. The highest BCUT2D eigenvalue weighted by Gasteiger charge is 2.44. The number of benzene rings is 1. The van der Waals surface area contributed by atoms with E-state index in [1.807, 2.05) is 23.1 Å². The maximum Gasteiger partial charge on any atom is 0.309 e. The fraction of sp³-hybridized carbons (Fsp3) is 0.636. The van der Waals surface area contributed by atoms with Gasteiger partial charge < -0.3 is 19.1 Å². The molecule has 2 bridgehead atoms. The lowest BCUT2D eigenvalue weighted by Gasteiger charge is -2.27. The molecule has 6 nitrogen and oxygen atoms in total. The summed E-state index contributed by atoms with van der Waals surface area (Å²) in [5.41, 5.74) is 1.05. The zero-order valence-electron chi connectivity index (χ0n) is 16.1. The maximum absolute atomic E-state index is 12.8. The summed E-state index contributed by atoms with van der Waals surface area (Å²) in [6.45, 7) is 1.66. The van der Waals surface area contributed by atoms with Crippen LogP contribution in [0.5, 0.6) is 11.5 Å². The molecule has 4 unspecified atom stereocenters. The van der Waals surface area contributed by atoms with E-state index in [-0.39, 0.29) is 30.4 Å². The third-order valence-electron chi connectivity index (χ3n) is 6.90. The van der Waals surface area contributed by atoms with Crippen molar-refractivity contribution in [3.05, 3.63) is 23.8 Å². The van der Waals surface area contributed by atoms with E-state index in [1.54, 1.807) is 0 Å². The van der Waals surface area contributed by atoms with Crippen molar-refractivity contribution in [1.29, 1.82) is 0 Å². The van der Waals surface area contributed by atoms with Crippen molar-refractivity contribution in [3.63, 3.8) is 0 Å². The second kappa shape index (κ2) is 7.30. The standard InChI is InChI=1S/C22H27NO5/c24-21(13-28-22(25)17-11-14-3-4-15(17)10-14)23-7-1-2-18(23)16-5-6-19-20(12-16)27-9-8-26-19/h5-6,12,14-15,17-18H,1-4,7-11,13H2. The second-order valence-corrected chi connectivity index (χ2v) is 8.54. The number of hydrogen-bond donors (Lipinski definition) is 0. The van der Waals surface area contributed by atoms with Gasteiger partial charge in [0.25, 0.3) is 5.91 Å². The normalized spacial score (nSPS) is 30.5. The van der Waals surface area contributed by atoms with E-state index in [1.165, 1.54) is 6.42 Å². The summed E-state index contributed by atoms with van der Waals surface area (Å²) >= 11 is 0. The topological polar surface area (TPSA) is 65.1 Å². The van der Waals surface area contributed by atoms with Gasteiger partial charge in [-0.2, -0.15) is 0 Å². The van der Waals surface area contributed by atoms with Crippen LogP contribution in [0.25, 0.3) is 0 Å². The molecule has 150 valence electrons. The van der Waals surface area contributed by atoms with Gasteiger partial charge in [-0.1, -0.05) is 12.5 Å². The first-order valence-electron chi connectivity index (χ1n) is 10.5. The van der Waals surface area contributed by atoms with E-state index in [9.17, 15) is 9.59 Å². The molecular weight excluding hydrogens is 358 g/mol. The van der Waals surface area contributed by atoms with Gasteiger partial charge in [0.2, 0.25) is 0 Å². The van der Waals surface area contributed by atoms with Crippen LogP contribution in [0.4, 0.5) is 0 Å². The lowest BCUT2D eigenvalue weighted by Crippen LogP contribution is -2.35. The fourth-order valence-corrected chi connectivity index (χ4v) is 5.54. The van der Waals surface area contributed by atoms with Crippen molar-refractivity contribution in [2.45, 2.75) is 44.6 Å². The summed E-state index contributed by atoms with van der Waals surface area (Å²) in [6.07, 6.45) is 6.35. The second-order valence-electron chi connectivity index (χ2n) is 8.54. The predicted octanol–water partition coefficient (Wildman–Crippen LogP) is 3.10. The van der Waals surface area contributed by atoms with Crippen molar-refractivity contribution >= 4 is 11.9 Å². The Kier molecular flexibility index (Phi) is 4.65. The largest absolute Gasteiger partial charge is 0.486 e. The van der Waals surface area contributed by atoms with Gasteiger partial charge in [0, 0.05) is 6.54 Å². The van der Waals surface area contributed by atoms with E-state index < -0.39 is 0 Å². The van der Waals surface area contributed by atoms with Gasteiger partial charge in [-0.25, -0.2) is 0 Å². The van der Waals surface area contributed by atoms with E-state index in [0.717, 1.165) is 49.2 Å². The molecule has 2 aliphatic carbocycles. The van der Waals surface area contributed by atoms with Crippen LogP contribution < -0.4 is 9.47 Å². The predicted molar refractivity (Wildman–Crippen MR) is 101 cm³/mol. The molecule has 0 N–H and O–H groups in total. The van der Waals surface area contributed by atoms with Gasteiger partial charge in [-0.05, 0) is 61.6 Å². The summed E-state index contributed by atoms with van der Waals surface area (Å²) in [6, 6.07) is 5.90. The number of fused-ring (bicyclic) bond motifs is 3.